The summed E-state index contributed by atoms with van der Waals surface area (Å²) in [6, 6.07) is 65.4. The molecule has 240 valence electrons. The number of hydrogen-bond donors (Lipinski definition) is 0. The molecule has 1 heteroatoms. The number of para-hydroxylation sites is 1. The molecule has 0 fully saturated rings. The first kappa shape index (κ1) is 31.1. The van der Waals surface area contributed by atoms with Crippen molar-refractivity contribution in [3.05, 3.63) is 199 Å². The van der Waals surface area contributed by atoms with Crippen LogP contribution in [0.1, 0.15) is 16.7 Å². The molecule has 1 heterocycles. The van der Waals surface area contributed by atoms with Gasteiger partial charge in [0.25, 0.3) is 0 Å². The Hall–Kier alpha value is -6.18. The molecule has 0 unspecified atom stereocenters. The van der Waals surface area contributed by atoms with Crippen LogP contribution in [0.5, 0.6) is 0 Å². The van der Waals surface area contributed by atoms with E-state index in [4.69, 9.17) is 0 Å². The highest BCUT2D eigenvalue weighted by Crippen LogP contribution is 2.38. The van der Waals surface area contributed by atoms with Gasteiger partial charge in [0, 0.05) is 16.2 Å². The summed E-state index contributed by atoms with van der Waals surface area (Å²) in [5, 5.41) is 5.08. The fourth-order valence-corrected chi connectivity index (χ4v) is 7.21. The van der Waals surface area contributed by atoms with Crippen LogP contribution in [-0.2, 0) is 0 Å². The molecule has 0 bridgehead atoms. The Kier molecular flexibility index (Phi) is 8.32. The zero-order valence-electron chi connectivity index (χ0n) is 28.8. The molecule has 0 aliphatic heterocycles. The number of fused-ring (bicyclic) bond motifs is 4. The molecule has 1 nitrogen and oxygen atoms in total. The number of aryl methyl sites for hydroxylation is 3. The standard InChI is InChI=1S/C36H27N.C13H12/c1-24-10-3-5-13-29(24)30-20-18-27(22-25(30)2)28-19-21-36-33(23-28)32-15-7-8-16-35(32)37(36)34-17-9-12-26-11-4-6-14-31(26)34;1-11-7-9-13(10-8-11)12-5-3-2-4-6-12/h3-23H,1-2H3;2-10H,1H3. The average molecular weight is 642 g/mol. The Morgan fingerprint density at radius 1 is 0.340 bits per heavy atom. The number of nitrogens with zero attached hydrogens (tertiary/aromatic N) is 1. The van der Waals surface area contributed by atoms with Gasteiger partial charge in [0.2, 0.25) is 0 Å². The fraction of sp³-hybridized carbons (Fsp3) is 0.0612. The maximum atomic E-state index is 2.42. The van der Waals surface area contributed by atoms with Crippen molar-refractivity contribution in [1.29, 1.82) is 0 Å². The lowest BCUT2D eigenvalue weighted by Crippen LogP contribution is -1.95. The quantitative estimate of drug-likeness (QED) is 0.180. The number of benzene rings is 8. The summed E-state index contributed by atoms with van der Waals surface area (Å²) < 4.78 is 2.42. The van der Waals surface area contributed by atoms with E-state index in [0.29, 0.717) is 0 Å². The van der Waals surface area contributed by atoms with Gasteiger partial charge >= 0.3 is 0 Å². The van der Waals surface area contributed by atoms with E-state index in [0.717, 1.165) is 0 Å². The molecule has 0 aliphatic rings. The van der Waals surface area contributed by atoms with Gasteiger partial charge in [0.15, 0.2) is 0 Å². The summed E-state index contributed by atoms with van der Waals surface area (Å²) >= 11 is 0. The minimum Gasteiger partial charge on any atom is -0.309 e. The highest BCUT2D eigenvalue weighted by molar-refractivity contribution is 6.11. The second-order valence-electron chi connectivity index (χ2n) is 13.2. The highest BCUT2D eigenvalue weighted by Gasteiger charge is 2.15. The van der Waals surface area contributed by atoms with Gasteiger partial charge in [-0.25, -0.2) is 0 Å². The van der Waals surface area contributed by atoms with Crippen molar-refractivity contribution in [1.82, 2.24) is 4.57 Å². The van der Waals surface area contributed by atoms with Crippen LogP contribution < -0.4 is 0 Å². The zero-order valence-corrected chi connectivity index (χ0v) is 28.8. The van der Waals surface area contributed by atoms with Gasteiger partial charge in [-0.05, 0) is 94.9 Å². The van der Waals surface area contributed by atoms with Gasteiger partial charge in [-0.3, -0.25) is 0 Å². The highest BCUT2D eigenvalue weighted by atomic mass is 15.0. The van der Waals surface area contributed by atoms with Crippen LogP contribution in [0.25, 0.3) is 71.6 Å². The topological polar surface area (TPSA) is 4.93 Å². The molecular weight excluding hydrogens is 603 g/mol. The predicted molar refractivity (Wildman–Crippen MR) is 215 cm³/mol. The summed E-state index contributed by atoms with van der Waals surface area (Å²) in [4.78, 5) is 0. The largest absolute Gasteiger partial charge is 0.309 e. The minimum absolute atomic E-state index is 1.22. The molecule has 0 saturated heterocycles. The van der Waals surface area contributed by atoms with Crippen molar-refractivity contribution in [2.45, 2.75) is 20.8 Å². The molecular formula is C49H39N. The molecule has 0 aliphatic carbocycles. The van der Waals surface area contributed by atoms with Crippen LogP contribution in [0.15, 0.2) is 182 Å². The van der Waals surface area contributed by atoms with Gasteiger partial charge in [-0.1, -0.05) is 163 Å². The average Bonchev–Trinajstić information content (AvgIpc) is 3.49. The van der Waals surface area contributed by atoms with Crippen LogP contribution in [0.3, 0.4) is 0 Å². The van der Waals surface area contributed by atoms with E-state index in [-0.39, 0.29) is 0 Å². The van der Waals surface area contributed by atoms with Gasteiger partial charge < -0.3 is 4.57 Å². The van der Waals surface area contributed by atoms with E-state index in [1.165, 1.54) is 88.3 Å². The van der Waals surface area contributed by atoms with E-state index in [9.17, 15) is 0 Å². The molecule has 9 aromatic rings. The van der Waals surface area contributed by atoms with Crippen LogP contribution in [0.2, 0.25) is 0 Å². The number of rotatable bonds is 4. The Morgan fingerprint density at radius 3 is 1.72 bits per heavy atom. The number of aromatic nitrogens is 1. The summed E-state index contributed by atoms with van der Waals surface area (Å²) in [6.45, 7) is 6.51. The van der Waals surface area contributed by atoms with Crippen LogP contribution in [0, 0.1) is 20.8 Å². The van der Waals surface area contributed by atoms with E-state index in [1.807, 2.05) is 6.07 Å². The van der Waals surface area contributed by atoms with E-state index < -0.39 is 0 Å². The van der Waals surface area contributed by atoms with Gasteiger partial charge in [-0.2, -0.15) is 0 Å². The molecule has 9 rings (SSSR count). The van der Waals surface area contributed by atoms with Crippen LogP contribution in [0.4, 0.5) is 0 Å². The van der Waals surface area contributed by atoms with Crippen molar-refractivity contribution >= 4 is 32.6 Å². The van der Waals surface area contributed by atoms with E-state index in [1.54, 1.807) is 0 Å². The van der Waals surface area contributed by atoms with Gasteiger partial charge in [0.05, 0.1) is 16.7 Å². The number of hydrogen-bond acceptors (Lipinski definition) is 0. The van der Waals surface area contributed by atoms with Crippen LogP contribution >= 0.6 is 0 Å². The zero-order chi connectivity index (χ0) is 34.0. The molecule has 50 heavy (non-hydrogen) atoms. The van der Waals surface area contributed by atoms with Crippen molar-refractivity contribution in [2.24, 2.45) is 0 Å². The Labute approximate surface area is 294 Å². The predicted octanol–water partition coefficient (Wildman–Crippen LogP) is 13.5. The summed E-state index contributed by atoms with van der Waals surface area (Å²) in [5.74, 6) is 0. The molecule has 0 spiro atoms. The van der Waals surface area contributed by atoms with E-state index in [2.05, 4.69) is 201 Å². The summed E-state index contributed by atoms with van der Waals surface area (Å²) in [7, 11) is 0. The molecule has 0 atom stereocenters. The third-order valence-electron chi connectivity index (χ3n) is 9.83. The maximum absolute atomic E-state index is 2.42. The minimum atomic E-state index is 1.22. The molecule has 0 amide bonds. The lowest BCUT2D eigenvalue weighted by Gasteiger charge is -2.13. The van der Waals surface area contributed by atoms with Crippen molar-refractivity contribution in [3.63, 3.8) is 0 Å². The smallest absolute Gasteiger partial charge is 0.0541 e. The summed E-state index contributed by atoms with van der Waals surface area (Å²) in [5.41, 5.74) is 15.3. The van der Waals surface area contributed by atoms with Gasteiger partial charge in [-0.15, -0.1) is 0 Å². The lowest BCUT2D eigenvalue weighted by molar-refractivity contribution is 1.20. The third kappa shape index (κ3) is 5.88. The molecule has 0 saturated carbocycles. The first-order chi connectivity index (χ1) is 24.5. The lowest BCUT2D eigenvalue weighted by atomic mass is 9.93. The normalized spacial score (nSPS) is 11.1. The monoisotopic (exact) mass is 641 g/mol. The molecule has 0 radical (unpaired) electrons. The van der Waals surface area contributed by atoms with Crippen molar-refractivity contribution < 1.29 is 0 Å². The van der Waals surface area contributed by atoms with E-state index >= 15 is 0 Å². The molecule has 0 N–H and O–H groups in total. The Morgan fingerprint density at radius 2 is 0.920 bits per heavy atom. The fourth-order valence-electron chi connectivity index (χ4n) is 7.21. The molecule has 1 aromatic heterocycles. The first-order valence-electron chi connectivity index (χ1n) is 17.4. The molecule has 8 aromatic carbocycles. The Bertz CT molecular complexity index is 2600. The van der Waals surface area contributed by atoms with Crippen molar-refractivity contribution in [2.75, 3.05) is 0 Å². The summed E-state index contributed by atoms with van der Waals surface area (Å²) in [6.07, 6.45) is 0. The first-order valence-corrected chi connectivity index (χ1v) is 17.4. The SMILES string of the molecule is Cc1ccc(-c2ccccc2)cc1.Cc1ccccc1-c1ccc(-c2ccc3c(c2)c2ccccc2n3-c2cccc3ccccc23)cc1C. The second-order valence-corrected chi connectivity index (χ2v) is 13.2. The maximum Gasteiger partial charge on any atom is 0.0541 e. The van der Waals surface area contributed by atoms with Crippen LogP contribution in [-0.4, -0.2) is 4.57 Å². The van der Waals surface area contributed by atoms with Crippen molar-refractivity contribution in [3.8, 4) is 39.1 Å². The second kappa shape index (κ2) is 13.4. The third-order valence-corrected chi connectivity index (χ3v) is 9.83. The Balaban J connectivity index is 0.000000233. The van der Waals surface area contributed by atoms with Gasteiger partial charge in [0.1, 0.15) is 0 Å².